The highest BCUT2D eigenvalue weighted by atomic mass is 16.6. The van der Waals surface area contributed by atoms with Crippen LogP contribution in [0.15, 0.2) is 251 Å². The zero-order chi connectivity index (χ0) is 101. The largest absolute Gasteiger partial charge is 0.461 e. The molecule has 3 amide bonds. The third-order valence-corrected chi connectivity index (χ3v) is 24.6. The van der Waals surface area contributed by atoms with E-state index in [0.717, 1.165) is 93.3 Å². The van der Waals surface area contributed by atoms with E-state index in [1.165, 1.54) is 16.7 Å². The number of amides is 3. The standard InChI is InChI=1S/C32H39N3O6.C30H36N2O6.C25H28N2O4.C23H34N4O4/c1-22(33-31(38)41-32(2,3)4)35-18-16-23(17-19-35)14-15-25(20-28(36)39-21-24-10-6-5-7-11-24)29(37)30-34-26-12-8-9-13-27(26)40-30;1-30(2,3)38-29(35)32-17-15-21(16-18-32)13-14-23(19-26(33)36-20-22-9-5-4-6-10-22)27(34)28-31-24-11-7-8-12-25(24)37-28;28-23(30-17-19-6-2-1-3-7-19)16-20(11-10-18-12-14-26-15-13-18)24(29)25-27-21-8-4-5-9-22(21)31-25;1-15(25-22(29)31-23(2,3)4)27-13-11-16(12-14-27)9-10-17(24)20(28)21-26-18-7-5-6-8-19(18)30-21/h5-14,25,29,37H,15-21H2,1-4H3;4-13,23,27,34H,14-20H2,1-3H3;1-10,20,24,26,29H,11-17H2;5-8,16-17,20,28H,9-14,24H2,1-4H3/t25-,29?;23-,27?;20-,24?;17-,20?/m1110/s1. The number of ether oxygens (including phenoxy) is 6. The molecule has 8 atom stereocenters. The van der Waals surface area contributed by atoms with Crippen LogP contribution in [0.1, 0.15) is 244 Å². The van der Waals surface area contributed by atoms with Crippen LogP contribution in [0.3, 0.4) is 0 Å². The first-order valence-corrected chi connectivity index (χ1v) is 48.8. The van der Waals surface area contributed by atoms with Gasteiger partial charge in [-0.05, 0) is 244 Å². The van der Waals surface area contributed by atoms with Gasteiger partial charge in [0.2, 0.25) is 23.6 Å². The number of allylic oxidation sites excluding steroid dienone is 3. The maximum absolute atomic E-state index is 12.8. The first-order valence-electron chi connectivity index (χ1n) is 48.8. The van der Waals surface area contributed by atoms with Gasteiger partial charge in [0.1, 0.15) is 94.8 Å². The van der Waals surface area contributed by atoms with Crippen LogP contribution in [0, 0.1) is 23.7 Å². The Balaban J connectivity index is 0.000000169. The summed E-state index contributed by atoms with van der Waals surface area (Å²) in [6, 6.07) is 57.6. The molecule has 31 heteroatoms. The van der Waals surface area contributed by atoms with E-state index in [2.05, 4.69) is 63.3 Å². The average Bonchev–Trinajstić information content (AvgIpc) is 1.70. The van der Waals surface area contributed by atoms with Crippen LogP contribution in [0.25, 0.3) is 44.4 Å². The summed E-state index contributed by atoms with van der Waals surface area (Å²) in [6.07, 6.45) is 11.0. The number of carbonyl (C=O) groups is 6. The Hall–Kier alpha value is -13.0. The third kappa shape index (κ3) is 34.7. The molecule has 0 radical (unpaired) electrons. The number of para-hydroxylation sites is 8. The molecule has 4 saturated heterocycles. The smallest absolute Gasteiger partial charge is 0.435 e. The Morgan fingerprint density at radius 2 is 0.695 bits per heavy atom. The number of aliphatic hydroxyl groups excluding tert-OH is 4. The molecule has 0 aliphatic carbocycles. The summed E-state index contributed by atoms with van der Waals surface area (Å²) < 4.78 is 55.6. The molecule has 0 saturated carbocycles. The predicted octanol–water partition coefficient (Wildman–Crippen LogP) is 20.7. The van der Waals surface area contributed by atoms with Crippen molar-refractivity contribution >= 4 is 92.3 Å². The van der Waals surface area contributed by atoms with E-state index in [1.807, 2.05) is 252 Å². The van der Waals surface area contributed by atoms with Crippen LogP contribution in [-0.4, -0.2) is 178 Å². The van der Waals surface area contributed by atoms with Gasteiger partial charge in [-0.25, -0.2) is 34.3 Å². The summed E-state index contributed by atoms with van der Waals surface area (Å²) in [5, 5.41) is 47.4. The lowest BCUT2D eigenvalue weighted by Gasteiger charge is -2.33. The monoisotopic (exact) mass is 1930 g/mol. The number of nitrogens with two attached hydrogens (primary N) is 1. The maximum atomic E-state index is 12.8. The van der Waals surface area contributed by atoms with E-state index in [0.29, 0.717) is 121 Å². The zero-order valence-electron chi connectivity index (χ0n) is 82.8. The van der Waals surface area contributed by atoms with Crippen molar-refractivity contribution in [2.24, 2.45) is 39.4 Å². The minimum atomic E-state index is -1.08. The van der Waals surface area contributed by atoms with Gasteiger partial charge < -0.3 is 92.3 Å². The molecule has 4 unspecified atom stereocenters. The Morgan fingerprint density at radius 1 is 0.404 bits per heavy atom. The van der Waals surface area contributed by atoms with Crippen LogP contribution in [0.4, 0.5) is 14.4 Å². The summed E-state index contributed by atoms with van der Waals surface area (Å²) in [5.74, 6) is 0.263. The van der Waals surface area contributed by atoms with Gasteiger partial charge in [-0.15, -0.1) is 0 Å². The van der Waals surface area contributed by atoms with Crippen molar-refractivity contribution in [2.45, 2.75) is 246 Å². The topological polar surface area (TPSA) is 415 Å². The van der Waals surface area contributed by atoms with Crippen molar-refractivity contribution in [1.29, 1.82) is 0 Å². The minimum Gasteiger partial charge on any atom is -0.461 e. The number of hydrogen-bond acceptors (Lipinski definition) is 26. The van der Waals surface area contributed by atoms with Crippen molar-refractivity contribution in [3.8, 4) is 0 Å². The Labute approximate surface area is 824 Å². The molecule has 11 aromatic rings. The van der Waals surface area contributed by atoms with Crippen molar-refractivity contribution in [2.75, 3.05) is 52.4 Å². The minimum absolute atomic E-state index is 0.0144. The van der Waals surface area contributed by atoms with Crippen LogP contribution in [0.2, 0.25) is 0 Å². The Morgan fingerprint density at radius 3 is 1.01 bits per heavy atom. The number of aliphatic imine (C=N–C) groups is 2. The number of fused-ring (bicyclic) bond motifs is 4. The molecule has 0 spiro atoms. The van der Waals surface area contributed by atoms with Gasteiger partial charge in [0.25, 0.3) is 0 Å². The molecule has 8 heterocycles. The van der Waals surface area contributed by atoms with Crippen LogP contribution in [0.5, 0.6) is 0 Å². The Kier molecular flexibility index (Phi) is 39.3. The van der Waals surface area contributed by atoms with Gasteiger partial charge in [0.15, 0.2) is 22.3 Å². The van der Waals surface area contributed by atoms with Gasteiger partial charge in [-0.2, -0.15) is 9.98 Å². The van der Waals surface area contributed by atoms with Gasteiger partial charge in [-0.1, -0.05) is 174 Å². The van der Waals surface area contributed by atoms with E-state index in [9.17, 15) is 49.2 Å². The van der Waals surface area contributed by atoms with Gasteiger partial charge in [0.05, 0.1) is 19.3 Å². The number of piperidine rings is 4. The van der Waals surface area contributed by atoms with Crippen molar-refractivity contribution in [1.82, 2.24) is 40.0 Å². The molecule has 7 N–H and O–H groups in total. The number of aromatic nitrogens is 4. The second-order valence-corrected chi connectivity index (χ2v) is 39.1. The quantitative estimate of drug-likeness (QED) is 0.00833. The first kappa shape index (κ1) is 107. The van der Waals surface area contributed by atoms with Gasteiger partial charge in [-0.3, -0.25) is 14.4 Å². The number of benzene rings is 7. The molecule has 4 aliphatic heterocycles. The van der Waals surface area contributed by atoms with Crippen LogP contribution >= 0.6 is 0 Å². The fraction of sp³-hybridized carbons (Fsp3) is 0.455. The number of nitrogens with one attached hydrogen (secondary N) is 1. The normalized spacial score (nSPS) is 16.4. The summed E-state index contributed by atoms with van der Waals surface area (Å²) in [5.41, 5.74) is 16.2. The van der Waals surface area contributed by atoms with E-state index < -0.39 is 83.2 Å². The van der Waals surface area contributed by atoms with Crippen LogP contribution < -0.4 is 11.1 Å². The highest BCUT2D eigenvalue weighted by Crippen LogP contribution is 2.37. The number of rotatable bonds is 29. The van der Waals surface area contributed by atoms with E-state index in [-0.39, 0.29) is 80.6 Å². The second kappa shape index (κ2) is 51.9. The molecule has 31 nitrogen and oxygen atoms in total. The van der Waals surface area contributed by atoms with Crippen molar-refractivity contribution < 1.29 is 95.3 Å². The highest BCUT2D eigenvalue weighted by molar-refractivity contribution is 5.91. The second-order valence-electron chi connectivity index (χ2n) is 39.1. The molecule has 4 aliphatic rings. The molecule has 0 bridgehead atoms. The summed E-state index contributed by atoms with van der Waals surface area (Å²) in [4.78, 5) is 106. The fourth-order valence-electron chi connectivity index (χ4n) is 16.7. The molecule has 752 valence electrons. The van der Waals surface area contributed by atoms with Gasteiger partial charge in [0, 0.05) is 63.1 Å². The summed E-state index contributed by atoms with van der Waals surface area (Å²) >= 11 is 0. The molecular formula is C110H137N11O20. The van der Waals surface area contributed by atoms with Crippen molar-refractivity contribution in [3.05, 3.63) is 263 Å². The number of nitrogens with zero attached hydrogens (tertiary/aromatic N) is 9. The third-order valence-electron chi connectivity index (χ3n) is 24.6. The van der Waals surface area contributed by atoms with E-state index in [1.54, 1.807) is 17.0 Å². The molecule has 7 aromatic carbocycles. The highest BCUT2D eigenvalue weighted by Gasteiger charge is 2.35. The van der Waals surface area contributed by atoms with Gasteiger partial charge >= 0.3 is 36.2 Å². The van der Waals surface area contributed by atoms with Crippen LogP contribution in [-0.2, 0) is 62.6 Å². The lowest BCUT2D eigenvalue weighted by Crippen LogP contribution is -2.40. The Bertz CT molecular complexity index is 5880. The van der Waals surface area contributed by atoms with Crippen molar-refractivity contribution in [3.63, 3.8) is 0 Å². The lowest BCUT2D eigenvalue weighted by atomic mass is 9.89. The summed E-state index contributed by atoms with van der Waals surface area (Å²) in [6.45, 7) is 26.9. The molecule has 4 aromatic heterocycles. The number of aliphatic hydroxyl groups is 4. The number of hydrogen-bond donors (Lipinski definition) is 6. The van der Waals surface area contributed by atoms with E-state index in [4.69, 9.17) is 51.8 Å². The number of likely N-dealkylation sites (tertiary alicyclic amines) is 3. The summed E-state index contributed by atoms with van der Waals surface area (Å²) in [7, 11) is 0. The maximum Gasteiger partial charge on any atom is 0.435 e. The fourth-order valence-corrected chi connectivity index (χ4v) is 16.7. The number of oxazole rings is 4. The molecule has 4 fully saturated rings. The zero-order valence-corrected chi connectivity index (χ0v) is 82.8. The number of esters is 3. The molecule has 15 rings (SSSR count). The SMILES string of the molecule is CC(=NC(=O)OC(C)(C)C)N1CCC(=CC[C@H](CC(=O)OCc2ccccc2)C(O)c2nc3ccccc3o2)CC1.CC(=NC(=O)OC(C)(C)C)N1CCC(CC[C@H](N)C(O)c2nc3ccccc3o2)CC1.CC(C)(C)OC(=O)N1CCC(=CC[C@H](CC(=O)OCc2ccccc2)C(O)c2nc3ccccc3o2)CC1.O=C(C[C@@H](CC=C1CCNCC1)C(O)c1nc2ccccc2o1)OCc1ccccc1. The number of carbonyl (C=O) groups excluding carboxylic acids is 6. The molecular weight excluding hydrogens is 1800 g/mol. The molecule has 141 heavy (non-hydrogen) atoms. The first-order chi connectivity index (χ1) is 67.6. The van der Waals surface area contributed by atoms with E-state index >= 15 is 0 Å². The lowest BCUT2D eigenvalue weighted by molar-refractivity contribution is -0.148. The average molecular weight is 1930 g/mol. The predicted molar refractivity (Wildman–Crippen MR) is 537 cm³/mol. The number of amidine groups is 2.